The fraction of sp³-hybridized carbons (Fsp3) is 0. The quantitative estimate of drug-likeness (QED) is 0.835. The van der Waals surface area contributed by atoms with Crippen LogP contribution in [0, 0.1) is 11.6 Å². The Morgan fingerprint density at radius 3 is 2.44 bits per heavy atom. The SMILES string of the molecule is Fc1ccc(Oc2ccc(F)cc2Br)nc1. The van der Waals surface area contributed by atoms with Gasteiger partial charge >= 0.3 is 0 Å². The van der Waals surface area contributed by atoms with Crippen LogP contribution in [0.15, 0.2) is 41.0 Å². The number of aromatic nitrogens is 1. The van der Waals surface area contributed by atoms with Gasteiger partial charge in [0.2, 0.25) is 5.88 Å². The van der Waals surface area contributed by atoms with Gasteiger partial charge < -0.3 is 4.74 Å². The van der Waals surface area contributed by atoms with Crippen LogP contribution >= 0.6 is 15.9 Å². The molecule has 5 heteroatoms. The lowest BCUT2D eigenvalue weighted by atomic mass is 10.3. The second-order valence-electron chi connectivity index (χ2n) is 2.99. The largest absolute Gasteiger partial charge is 0.438 e. The zero-order valence-corrected chi connectivity index (χ0v) is 9.54. The molecule has 0 radical (unpaired) electrons. The molecule has 1 heterocycles. The van der Waals surface area contributed by atoms with Gasteiger partial charge in [-0.2, -0.15) is 0 Å². The van der Waals surface area contributed by atoms with Crippen LogP contribution in [0.5, 0.6) is 11.6 Å². The summed E-state index contributed by atoms with van der Waals surface area (Å²) in [6.07, 6.45) is 1.05. The second-order valence-corrected chi connectivity index (χ2v) is 3.85. The Morgan fingerprint density at radius 1 is 1.06 bits per heavy atom. The van der Waals surface area contributed by atoms with Crippen LogP contribution in [0.1, 0.15) is 0 Å². The highest BCUT2D eigenvalue weighted by Crippen LogP contribution is 2.29. The van der Waals surface area contributed by atoms with Crippen molar-refractivity contribution in [3.8, 4) is 11.6 Å². The first-order valence-electron chi connectivity index (χ1n) is 4.39. The molecule has 0 bridgehead atoms. The fourth-order valence-electron chi connectivity index (χ4n) is 1.09. The molecule has 0 amide bonds. The van der Waals surface area contributed by atoms with E-state index in [1.807, 2.05) is 0 Å². The molecule has 1 aromatic heterocycles. The van der Waals surface area contributed by atoms with Crippen molar-refractivity contribution < 1.29 is 13.5 Å². The third-order valence-electron chi connectivity index (χ3n) is 1.81. The third kappa shape index (κ3) is 2.55. The zero-order valence-electron chi connectivity index (χ0n) is 7.95. The van der Waals surface area contributed by atoms with Gasteiger partial charge in [0.15, 0.2) is 0 Å². The normalized spacial score (nSPS) is 10.2. The summed E-state index contributed by atoms with van der Waals surface area (Å²) in [5.41, 5.74) is 0. The van der Waals surface area contributed by atoms with Gasteiger partial charge in [-0.15, -0.1) is 0 Å². The molecule has 0 fully saturated rings. The lowest BCUT2D eigenvalue weighted by Gasteiger charge is -2.06. The Labute approximate surface area is 99.0 Å². The highest BCUT2D eigenvalue weighted by atomic mass is 79.9. The van der Waals surface area contributed by atoms with E-state index in [1.165, 1.54) is 30.3 Å². The monoisotopic (exact) mass is 285 g/mol. The molecule has 0 saturated carbocycles. The molecule has 0 aliphatic heterocycles. The lowest BCUT2D eigenvalue weighted by molar-refractivity contribution is 0.455. The van der Waals surface area contributed by atoms with Gasteiger partial charge in [0.1, 0.15) is 17.4 Å². The Balaban J connectivity index is 2.23. The van der Waals surface area contributed by atoms with Crippen molar-refractivity contribution in [1.29, 1.82) is 0 Å². The predicted molar refractivity (Wildman–Crippen MR) is 58.4 cm³/mol. The molecule has 16 heavy (non-hydrogen) atoms. The molecule has 2 nitrogen and oxygen atoms in total. The average molecular weight is 286 g/mol. The zero-order chi connectivity index (χ0) is 11.5. The Bertz CT molecular complexity index is 502. The van der Waals surface area contributed by atoms with Crippen molar-refractivity contribution in [2.75, 3.05) is 0 Å². The van der Waals surface area contributed by atoms with Crippen molar-refractivity contribution in [3.05, 3.63) is 52.6 Å². The smallest absolute Gasteiger partial charge is 0.219 e. The number of hydrogen-bond acceptors (Lipinski definition) is 2. The summed E-state index contributed by atoms with van der Waals surface area (Å²) in [4.78, 5) is 3.73. The van der Waals surface area contributed by atoms with E-state index in [1.54, 1.807) is 0 Å². The molecule has 1 aromatic carbocycles. The molecule has 82 valence electrons. The van der Waals surface area contributed by atoms with Crippen LogP contribution in [0.3, 0.4) is 0 Å². The minimum atomic E-state index is -0.439. The van der Waals surface area contributed by atoms with Crippen LogP contribution < -0.4 is 4.74 Å². The fourth-order valence-corrected chi connectivity index (χ4v) is 1.53. The highest BCUT2D eigenvalue weighted by Gasteiger charge is 2.04. The second kappa shape index (κ2) is 4.57. The number of ether oxygens (including phenoxy) is 1. The molecular weight excluding hydrogens is 280 g/mol. The maximum atomic E-state index is 12.8. The van der Waals surface area contributed by atoms with Gasteiger partial charge in [0, 0.05) is 6.07 Å². The molecule has 0 unspecified atom stereocenters. The van der Waals surface area contributed by atoms with Crippen molar-refractivity contribution in [2.24, 2.45) is 0 Å². The molecule has 0 spiro atoms. The number of halogens is 3. The van der Waals surface area contributed by atoms with Gasteiger partial charge in [0.25, 0.3) is 0 Å². The Hall–Kier alpha value is -1.49. The summed E-state index contributed by atoms with van der Waals surface area (Å²) < 4.78 is 31.2. The molecule has 2 rings (SSSR count). The highest BCUT2D eigenvalue weighted by molar-refractivity contribution is 9.10. The van der Waals surface area contributed by atoms with Crippen LogP contribution in [0.4, 0.5) is 8.78 Å². The third-order valence-corrected chi connectivity index (χ3v) is 2.43. The van der Waals surface area contributed by atoms with E-state index in [9.17, 15) is 8.78 Å². The van der Waals surface area contributed by atoms with Gasteiger partial charge in [0.05, 0.1) is 10.7 Å². The van der Waals surface area contributed by atoms with E-state index in [-0.39, 0.29) is 11.7 Å². The van der Waals surface area contributed by atoms with E-state index in [0.717, 1.165) is 6.20 Å². The van der Waals surface area contributed by atoms with Gasteiger partial charge in [-0.25, -0.2) is 13.8 Å². The Morgan fingerprint density at radius 2 is 1.81 bits per heavy atom. The molecule has 0 N–H and O–H groups in total. The van der Waals surface area contributed by atoms with E-state index in [0.29, 0.717) is 10.2 Å². The van der Waals surface area contributed by atoms with Gasteiger partial charge in [-0.05, 0) is 40.2 Å². The standard InChI is InChI=1S/C11H6BrF2NO/c12-9-5-7(13)1-3-10(9)16-11-4-2-8(14)6-15-11/h1-6H. The summed E-state index contributed by atoms with van der Waals surface area (Å²) in [7, 11) is 0. The maximum Gasteiger partial charge on any atom is 0.219 e. The summed E-state index contributed by atoms with van der Waals surface area (Å²) in [5.74, 6) is -0.147. The minimum Gasteiger partial charge on any atom is -0.438 e. The average Bonchev–Trinajstić information content (AvgIpc) is 2.25. The van der Waals surface area contributed by atoms with Crippen molar-refractivity contribution >= 4 is 15.9 Å². The van der Waals surface area contributed by atoms with Crippen LogP contribution in [0.2, 0.25) is 0 Å². The maximum absolute atomic E-state index is 12.8. The first-order chi connectivity index (χ1) is 7.65. The van der Waals surface area contributed by atoms with Crippen LogP contribution in [0.25, 0.3) is 0 Å². The summed E-state index contributed by atoms with van der Waals surface area (Å²) in [5, 5.41) is 0. The summed E-state index contributed by atoms with van der Waals surface area (Å²) in [6.45, 7) is 0. The topological polar surface area (TPSA) is 22.1 Å². The number of nitrogens with zero attached hydrogens (tertiary/aromatic N) is 1. The van der Waals surface area contributed by atoms with Crippen LogP contribution in [-0.4, -0.2) is 4.98 Å². The van der Waals surface area contributed by atoms with E-state index >= 15 is 0 Å². The molecule has 0 atom stereocenters. The first kappa shape index (κ1) is 11.0. The van der Waals surface area contributed by atoms with Crippen molar-refractivity contribution in [3.63, 3.8) is 0 Å². The van der Waals surface area contributed by atoms with E-state index in [2.05, 4.69) is 20.9 Å². The van der Waals surface area contributed by atoms with Crippen molar-refractivity contribution in [2.45, 2.75) is 0 Å². The van der Waals surface area contributed by atoms with Crippen LogP contribution in [-0.2, 0) is 0 Å². The van der Waals surface area contributed by atoms with E-state index in [4.69, 9.17) is 4.74 Å². The predicted octanol–water partition coefficient (Wildman–Crippen LogP) is 3.91. The number of benzene rings is 1. The molecule has 2 aromatic rings. The molecule has 0 saturated heterocycles. The minimum absolute atomic E-state index is 0.244. The van der Waals surface area contributed by atoms with Crippen molar-refractivity contribution in [1.82, 2.24) is 4.98 Å². The Kier molecular flexibility index (Phi) is 3.14. The van der Waals surface area contributed by atoms with Gasteiger partial charge in [-0.1, -0.05) is 0 Å². The van der Waals surface area contributed by atoms with E-state index < -0.39 is 5.82 Å². The lowest BCUT2D eigenvalue weighted by Crippen LogP contribution is -1.89. The number of hydrogen-bond donors (Lipinski definition) is 0. The summed E-state index contributed by atoms with van der Waals surface area (Å²) >= 11 is 3.15. The molecular formula is C11H6BrF2NO. The number of pyridine rings is 1. The molecule has 0 aliphatic carbocycles. The van der Waals surface area contributed by atoms with Gasteiger partial charge in [-0.3, -0.25) is 0 Å². The number of rotatable bonds is 2. The summed E-state index contributed by atoms with van der Waals surface area (Å²) in [6, 6.07) is 6.64. The first-order valence-corrected chi connectivity index (χ1v) is 5.19. The molecule has 0 aliphatic rings.